The number of ether oxygens (including phenoxy) is 2. The highest BCUT2D eigenvalue weighted by molar-refractivity contribution is 5.80. The lowest BCUT2D eigenvalue weighted by molar-refractivity contribution is -0.147. The van der Waals surface area contributed by atoms with Crippen LogP contribution < -0.4 is 10.1 Å². The maximum absolute atomic E-state index is 12.1. The maximum atomic E-state index is 12.1. The van der Waals surface area contributed by atoms with Gasteiger partial charge in [-0.3, -0.25) is 4.79 Å². The Labute approximate surface area is 120 Å². The molecular formula is C16H23NO3. The minimum absolute atomic E-state index is 0.214. The van der Waals surface area contributed by atoms with Crippen molar-refractivity contribution in [2.24, 2.45) is 5.92 Å². The predicted molar refractivity (Wildman–Crippen MR) is 77.8 cm³/mol. The first kappa shape index (κ1) is 14.9. The van der Waals surface area contributed by atoms with Crippen molar-refractivity contribution >= 4 is 5.97 Å². The van der Waals surface area contributed by atoms with Crippen molar-refractivity contribution in [1.29, 1.82) is 0 Å². The molecule has 110 valence electrons. The normalized spacial score (nSPS) is 17.4. The van der Waals surface area contributed by atoms with E-state index in [1.807, 2.05) is 31.2 Å². The summed E-state index contributed by atoms with van der Waals surface area (Å²) >= 11 is 0. The molecule has 4 heteroatoms. The third kappa shape index (κ3) is 3.73. The summed E-state index contributed by atoms with van der Waals surface area (Å²) in [6.45, 7) is 2.78. The van der Waals surface area contributed by atoms with E-state index in [9.17, 15) is 4.79 Å². The van der Waals surface area contributed by atoms with Crippen LogP contribution in [0.25, 0.3) is 0 Å². The Hall–Kier alpha value is -1.55. The van der Waals surface area contributed by atoms with E-state index in [-0.39, 0.29) is 5.97 Å². The van der Waals surface area contributed by atoms with E-state index in [2.05, 4.69) is 5.32 Å². The largest absolute Gasteiger partial charge is 0.497 e. The van der Waals surface area contributed by atoms with E-state index in [0.717, 1.165) is 23.8 Å². The Morgan fingerprint density at radius 1 is 1.30 bits per heavy atom. The van der Waals surface area contributed by atoms with E-state index in [1.165, 1.54) is 20.0 Å². The van der Waals surface area contributed by atoms with Crippen LogP contribution in [0.15, 0.2) is 24.3 Å². The fourth-order valence-corrected chi connectivity index (χ4v) is 2.28. The van der Waals surface area contributed by atoms with Gasteiger partial charge >= 0.3 is 5.97 Å². The summed E-state index contributed by atoms with van der Waals surface area (Å²) in [7, 11) is 3.08. The number of carbonyl (C=O) groups excluding carboxylic acids is 1. The summed E-state index contributed by atoms with van der Waals surface area (Å²) in [6.07, 6.45) is 3.12. The lowest BCUT2D eigenvalue weighted by Gasteiger charge is -2.28. The van der Waals surface area contributed by atoms with Gasteiger partial charge in [0.15, 0.2) is 0 Å². The Balaban J connectivity index is 2.06. The lowest BCUT2D eigenvalue weighted by Crippen LogP contribution is -2.52. The third-order valence-electron chi connectivity index (χ3n) is 3.83. The van der Waals surface area contributed by atoms with Crippen LogP contribution in [0, 0.1) is 5.92 Å². The highest BCUT2D eigenvalue weighted by Crippen LogP contribution is 2.29. The monoisotopic (exact) mass is 277 g/mol. The number of rotatable bonds is 7. The number of nitrogens with one attached hydrogen (secondary N) is 1. The molecule has 0 spiro atoms. The smallest absolute Gasteiger partial charge is 0.326 e. The molecule has 1 aromatic rings. The summed E-state index contributed by atoms with van der Waals surface area (Å²) < 4.78 is 10.1. The number of hydrogen-bond donors (Lipinski definition) is 1. The van der Waals surface area contributed by atoms with Crippen molar-refractivity contribution in [2.45, 2.75) is 31.7 Å². The molecule has 1 aliphatic rings. The van der Waals surface area contributed by atoms with Crippen LogP contribution in [0.1, 0.15) is 25.3 Å². The number of esters is 1. The molecule has 0 heterocycles. The number of benzene rings is 1. The molecule has 1 saturated carbocycles. The maximum Gasteiger partial charge on any atom is 0.326 e. The van der Waals surface area contributed by atoms with Gasteiger partial charge in [0.1, 0.15) is 11.3 Å². The van der Waals surface area contributed by atoms with E-state index >= 15 is 0 Å². The Kier molecular flexibility index (Phi) is 4.65. The summed E-state index contributed by atoms with van der Waals surface area (Å²) in [5.41, 5.74) is 0.411. The fourth-order valence-electron chi connectivity index (χ4n) is 2.28. The van der Waals surface area contributed by atoms with Crippen molar-refractivity contribution < 1.29 is 14.3 Å². The average molecular weight is 277 g/mol. The number of carbonyl (C=O) groups is 1. The summed E-state index contributed by atoms with van der Waals surface area (Å²) in [5, 5.41) is 3.38. The Bertz CT molecular complexity index is 453. The molecule has 1 aliphatic carbocycles. The first-order valence-corrected chi connectivity index (χ1v) is 7.04. The minimum Gasteiger partial charge on any atom is -0.497 e. The van der Waals surface area contributed by atoms with Gasteiger partial charge in [0.05, 0.1) is 14.2 Å². The molecule has 0 radical (unpaired) electrons. The van der Waals surface area contributed by atoms with Gasteiger partial charge in [-0.1, -0.05) is 12.1 Å². The molecule has 1 atom stereocenters. The first-order valence-electron chi connectivity index (χ1n) is 7.04. The van der Waals surface area contributed by atoms with Gasteiger partial charge in [-0.15, -0.1) is 0 Å². The zero-order chi connectivity index (χ0) is 14.6. The zero-order valence-electron chi connectivity index (χ0n) is 12.4. The predicted octanol–water partition coefficient (Wildman–Crippen LogP) is 2.17. The van der Waals surface area contributed by atoms with E-state index in [0.29, 0.717) is 6.42 Å². The highest BCUT2D eigenvalue weighted by atomic mass is 16.5. The second-order valence-corrected chi connectivity index (χ2v) is 5.67. The highest BCUT2D eigenvalue weighted by Gasteiger charge is 2.36. The van der Waals surface area contributed by atoms with Crippen LogP contribution in [0.4, 0.5) is 0 Å². The van der Waals surface area contributed by atoms with Gasteiger partial charge in [0.2, 0.25) is 0 Å². The van der Waals surface area contributed by atoms with Crippen molar-refractivity contribution in [2.75, 3.05) is 20.8 Å². The van der Waals surface area contributed by atoms with Crippen molar-refractivity contribution in [1.82, 2.24) is 5.32 Å². The van der Waals surface area contributed by atoms with Crippen LogP contribution in [0.3, 0.4) is 0 Å². The van der Waals surface area contributed by atoms with Gasteiger partial charge < -0.3 is 14.8 Å². The van der Waals surface area contributed by atoms with Crippen LogP contribution in [-0.2, 0) is 16.0 Å². The van der Waals surface area contributed by atoms with Crippen LogP contribution in [0.5, 0.6) is 5.75 Å². The topological polar surface area (TPSA) is 47.6 Å². The lowest BCUT2D eigenvalue weighted by atomic mass is 9.92. The van der Waals surface area contributed by atoms with E-state index < -0.39 is 5.54 Å². The molecule has 1 fully saturated rings. The number of methoxy groups -OCH3 is 2. The fraction of sp³-hybridized carbons (Fsp3) is 0.562. The van der Waals surface area contributed by atoms with Gasteiger partial charge in [-0.2, -0.15) is 0 Å². The van der Waals surface area contributed by atoms with E-state index in [1.54, 1.807) is 7.11 Å². The molecule has 20 heavy (non-hydrogen) atoms. The molecule has 4 nitrogen and oxygen atoms in total. The van der Waals surface area contributed by atoms with Crippen LogP contribution in [0.2, 0.25) is 0 Å². The SMILES string of the molecule is COC(=O)C(C)(Cc1ccc(OC)cc1)NCC1CC1. The molecule has 1 N–H and O–H groups in total. The van der Waals surface area contributed by atoms with Crippen molar-refractivity contribution in [3.05, 3.63) is 29.8 Å². The standard InChI is InChI=1S/C16H23NO3/c1-16(15(18)20-3,17-11-13-4-5-13)10-12-6-8-14(19-2)9-7-12/h6-9,13,17H,4-5,10-11H2,1-3H3. The van der Waals surface area contributed by atoms with Gasteiger partial charge in [0, 0.05) is 6.42 Å². The molecule has 0 saturated heterocycles. The molecule has 1 aromatic carbocycles. The number of hydrogen-bond acceptors (Lipinski definition) is 4. The summed E-state index contributed by atoms with van der Waals surface area (Å²) in [4.78, 5) is 12.1. The van der Waals surface area contributed by atoms with Gasteiger partial charge in [-0.05, 0) is 49.9 Å². The molecule has 1 unspecified atom stereocenters. The zero-order valence-corrected chi connectivity index (χ0v) is 12.4. The molecular weight excluding hydrogens is 254 g/mol. The van der Waals surface area contributed by atoms with Crippen LogP contribution >= 0.6 is 0 Å². The molecule has 0 amide bonds. The van der Waals surface area contributed by atoms with Crippen molar-refractivity contribution in [3.63, 3.8) is 0 Å². The average Bonchev–Trinajstić information content (AvgIpc) is 3.29. The molecule has 0 bridgehead atoms. The second kappa shape index (κ2) is 6.27. The summed E-state index contributed by atoms with van der Waals surface area (Å²) in [6, 6.07) is 7.79. The summed E-state index contributed by atoms with van der Waals surface area (Å²) in [5.74, 6) is 1.32. The quantitative estimate of drug-likeness (QED) is 0.776. The van der Waals surface area contributed by atoms with Gasteiger partial charge in [-0.25, -0.2) is 0 Å². The molecule has 0 aromatic heterocycles. The molecule has 0 aliphatic heterocycles. The van der Waals surface area contributed by atoms with Crippen molar-refractivity contribution in [3.8, 4) is 5.75 Å². The first-order chi connectivity index (χ1) is 9.57. The molecule has 2 rings (SSSR count). The van der Waals surface area contributed by atoms with Gasteiger partial charge in [0.25, 0.3) is 0 Å². The second-order valence-electron chi connectivity index (χ2n) is 5.67. The Morgan fingerprint density at radius 2 is 1.95 bits per heavy atom. The van der Waals surface area contributed by atoms with Crippen LogP contribution in [-0.4, -0.2) is 32.3 Å². The minimum atomic E-state index is -0.675. The van der Waals surface area contributed by atoms with E-state index in [4.69, 9.17) is 9.47 Å². The Morgan fingerprint density at radius 3 is 2.45 bits per heavy atom. The third-order valence-corrected chi connectivity index (χ3v) is 3.83.